The quantitative estimate of drug-likeness (QED) is 0.718. The molecule has 0 spiro atoms. The second kappa shape index (κ2) is 6.08. The number of anilines is 1. The van der Waals surface area contributed by atoms with Crippen LogP contribution in [0.5, 0.6) is 5.75 Å². The van der Waals surface area contributed by atoms with Crippen molar-refractivity contribution in [3.05, 3.63) is 59.2 Å². The van der Waals surface area contributed by atoms with Crippen molar-refractivity contribution in [2.24, 2.45) is 5.73 Å². The number of ether oxygens (including phenoxy) is 1. The van der Waals surface area contributed by atoms with Gasteiger partial charge in [-0.2, -0.15) is 0 Å². The highest BCUT2D eigenvalue weighted by atomic mass is 16.5. The van der Waals surface area contributed by atoms with E-state index in [4.69, 9.17) is 14.9 Å². The number of hydrogen-bond donors (Lipinski definition) is 2. The molecular formula is C18H16N2O4. The van der Waals surface area contributed by atoms with E-state index in [2.05, 4.69) is 5.32 Å². The van der Waals surface area contributed by atoms with Crippen molar-refractivity contribution in [1.29, 1.82) is 0 Å². The zero-order valence-corrected chi connectivity index (χ0v) is 13.3. The normalized spacial score (nSPS) is 10.6. The number of carbonyl (C=O) groups is 2. The number of nitrogens with two attached hydrogens (primary N) is 1. The van der Waals surface area contributed by atoms with Gasteiger partial charge in [0.25, 0.3) is 0 Å². The van der Waals surface area contributed by atoms with Gasteiger partial charge in [0.05, 0.1) is 12.7 Å². The summed E-state index contributed by atoms with van der Waals surface area (Å²) in [5, 5.41) is 2.95. The number of amides is 2. The van der Waals surface area contributed by atoms with E-state index >= 15 is 0 Å². The van der Waals surface area contributed by atoms with E-state index in [0.29, 0.717) is 22.3 Å². The third-order valence-electron chi connectivity index (χ3n) is 3.67. The lowest BCUT2D eigenvalue weighted by atomic mass is 10.0. The predicted molar refractivity (Wildman–Crippen MR) is 90.6 cm³/mol. The van der Waals surface area contributed by atoms with Crippen LogP contribution in [-0.2, 0) is 0 Å². The van der Waals surface area contributed by atoms with Crippen LogP contribution in [-0.4, -0.2) is 18.9 Å². The molecule has 1 aromatic heterocycles. The Morgan fingerprint density at radius 2 is 1.83 bits per heavy atom. The van der Waals surface area contributed by atoms with E-state index in [-0.39, 0.29) is 17.2 Å². The van der Waals surface area contributed by atoms with Gasteiger partial charge in [0.2, 0.25) is 5.88 Å². The molecule has 0 aliphatic carbocycles. The van der Waals surface area contributed by atoms with E-state index in [0.717, 1.165) is 5.56 Å². The van der Waals surface area contributed by atoms with Crippen molar-refractivity contribution in [3.8, 4) is 5.75 Å². The van der Waals surface area contributed by atoms with Crippen LogP contribution in [0.15, 0.2) is 46.9 Å². The first kappa shape index (κ1) is 15.6. The van der Waals surface area contributed by atoms with Gasteiger partial charge in [-0.25, -0.2) is 4.79 Å². The standard InChI is InChI=1S/C18H16N2O4/c1-10-3-5-11(6-4-10)16(21)15-13-8-7-12(23-2)9-14(13)24-17(15)20-18(19)22/h3-9H,1-2H3,(H3,19,20,22). The van der Waals surface area contributed by atoms with Crippen LogP contribution in [0.3, 0.4) is 0 Å². The minimum Gasteiger partial charge on any atom is -0.497 e. The maximum absolute atomic E-state index is 12.9. The summed E-state index contributed by atoms with van der Waals surface area (Å²) in [6, 6.07) is 11.4. The highest BCUT2D eigenvalue weighted by Crippen LogP contribution is 2.34. The van der Waals surface area contributed by atoms with Crippen LogP contribution in [0.4, 0.5) is 10.7 Å². The average Bonchev–Trinajstić information content (AvgIpc) is 2.90. The third kappa shape index (κ3) is 2.81. The highest BCUT2D eigenvalue weighted by Gasteiger charge is 2.23. The number of aryl methyl sites for hydroxylation is 1. The summed E-state index contributed by atoms with van der Waals surface area (Å²) >= 11 is 0. The van der Waals surface area contributed by atoms with E-state index < -0.39 is 6.03 Å². The zero-order chi connectivity index (χ0) is 17.3. The molecule has 0 bridgehead atoms. The number of hydrogen-bond acceptors (Lipinski definition) is 4. The second-order valence-corrected chi connectivity index (χ2v) is 5.35. The molecule has 2 aromatic carbocycles. The number of carbonyl (C=O) groups excluding carboxylic acids is 2. The minimum absolute atomic E-state index is 0.0244. The SMILES string of the molecule is COc1ccc2c(C(=O)c3ccc(C)cc3)c(NC(N)=O)oc2c1. The third-order valence-corrected chi connectivity index (χ3v) is 3.67. The fourth-order valence-corrected chi connectivity index (χ4v) is 2.48. The molecule has 0 saturated heterocycles. The number of methoxy groups -OCH3 is 1. The van der Waals surface area contributed by atoms with Crippen LogP contribution >= 0.6 is 0 Å². The molecule has 3 aromatic rings. The van der Waals surface area contributed by atoms with Crippen molar-refractivity contribution in [2.75, 3.05) is 12.4 Å². The molecule has 6 nitrogen and oxygen atoms in total. The average molecular weight is 324 g/mol. The van der Waals surface area contributed by atoms with Gasteiger partial charge in [-0.05, 0) is 19.1 Å². The lowest BCUT2D eigenvalue weighted by Gasteiger charge is -2.04. The van der Waals surface area contributed by atoms with Gasteiger partial charge in [-0.15, -0.1) is 0 Å². The zero-order valence-electron chi connectivity index (χ0n) is 13.3. The summed E-state index contributed by atoms with van der Waals surface area (Å²) in [4.78, 5) is 24.1. The molecule has 0 saturated carbocycles. The molecule has 24 heavy (non-hydrogen) atoms. The van der Waals surface area contributed by atoms with Crippen LogP contribution in [0.2, 0.25) is 0 Å². The molecule has 0 radical (unpaired) electrons. The van der Waals surface area contributed by atoms with E-state index in [1.165, 1.54) is 7.11 Å². The van der Waals surface area contributed by atoms with Crippen LogP contribution in [0.1, 0.15) is 21.5 Å². The summed E-state index contributed by atoms with van der Waals surface area (Å²) in [6.07, 6.45) is 0. The monoisotopic (exact) mass is 324 g/mol. The van der Waals surface area contributed by atoms with Gasteiger partial charge < -0.3 is 14.9 Å². The van der Waals surface area contributed by atoms with Crippen molar-refractivity contribution in [3.63, 3.8) is 0 Å². The predicted octanol–water partition coefficient (Wildman–Crippen LogP) is 3.47. The van der Waals surface area contributed by atoms with Gasteiger partial charge in [-0.1, -0.05) is 29.8 Å². The van der Waals surface area contributed by atoms with Gasteiger partial charge >= 0.3 is 6.03 Å². The molecule has 0 fully saturated rings. The first-order valence-corrected chi connectivity index (χ1v) is 7.28. The Morgan fingerprint density at radius 1 is 1.12 bits per heavy atom. The number of rotatable bonds is 4. The summed E-state index contributed by atoms with van der Waals surface area (Å²) in [5.74, 6) is 0.343. The van der Waals surface area contributed by atoms with Gasteiger partial charge in [0.15, 0.2) is 5.78 Å². The molecule has 3 rings (SSSR count). The summed E-state index contributed by atoms with van der Waals surface area (Å²) in [6.45, 7) is 1.94. The summed E-state index contributed by atoms with van der Waals surface area (Å²) < 4.78 is 10.8. The lowest BCUT2D eigenvalue weighted by Crippen LogP contribution is -2.20. The Morgan fingerprint density at radius 3 is 2.46 bits per heavy atom. The van der Waals surface area contributed by atoms with E-state index in [1.807, 2.05) is 19.1 Å². The maximum Gasteiger partial charge on any atom is 0.318 e. The molecular weight excluding hydrogens is 308 g/mol. The first-order chi connectivity index (χ1) is 11.5. The van der Waals surface area contributed by atoms with Gasteiger partial charge in [0, 0.05) is 17.0 Å². The smallest absolute Gasteiger partial charge is 0.318 e. The molecule has 2 amide bonds. The van der Waals surface area contributed by atoms with Crippen LogP contribution in [0, 0.1) is 6.92 Å². The Labute approximate surface area is 138 Å². The Hall–Kier alpha value is -3.28. The van der Waals surface area contributed by atoms with Crippen LogP contribution < -0.4 is 15.8 Å². The molecule has 6 heteroatoms. The molecule has 0 atom stereocenters. The van der Waals surface area contributed by atoms with Crippen molar-refractivity contribution in [2.45, 2.75) is 6.92 Å². The fraction of sp³-hybridized carbons (Fsp3) is 0.111. The first-order valence-electron chi connectivity index (χ1n) is 7.28. The largest absolute Gasteiger partial charge is 0.497 e. The Bertz CT molecular complexity index is 926. The highest BCUT2D eigenvalue weighted by molar-refractivity contribution is 6.20. The van der Waals surface area contributed by atoms with E-state index in [1.54, 1.807) is 30.3 Å². The number of nitrogens with one attached hydrogen (secondary N) is 1. The number of primary amides is 1. The topological polar surface area (TPSA) is 94.6 Å². The van der Waals surface area contributed by atoms with E-state index in [9.17, 15) is 9.59 Å². The molecule has 0 aliphatic heterocycles. The maximum atomic E-state index is 12.9. The molecule has 0 unspecified atom stereocenters. The number of fused-ring (bicyclic) bond motifs is 1. The van der Waals surface area contributed by atoms with Crippen molar-refractivity contribution >= 4 is 28.7 Å². The Balaban J connectivity index is 2.17. The molecule has 122 valence electrons. The molecule has 0 aliphatic rings. The Kier molecular flexibility index (Phi) is 3.95. The van der Waals surface area contributed by atoms with Crippen molar-refractivity contribution < 1.29 is 18.7 Å². The molecule has 3 N–H and O–H groups in total. The van der Waals surface area contributed by atoms with Gasteiger partial charge in [0.1, 0.15) is 11.3 Å². The number of ketones is 1. The number of urea groups is 1. The summed E-state index contributed by atoms with van der Waals surface area (Å²) in [5.41, 5.74) is 7.41. The summed E-state index contributed by atoms with van der Waals surface area (Å²) in [7, 11) is 1.53. The second-order valence-electron chi connectivity index (χ2n) is 5.35. The number of furan rings is 1. The van der Waals surface area contributed by atoms with Crippen LogP contribution in [0.25, 0.3) is 11.0 Å². The van der Waals surface area contributed by atoms with Gasteiger partial charge in [-0.3, -0.25) is 10.1 Å². The fourth-order valence-electron chi connectivity index (χ4n) is 2.48. The lowest BCUT2D eigenvalue weighted by molar-refractivity contribution is 0.104. The number of benzene rings is 2. The minimum atomic E-state index is -0.807. The molecule has 1 heterocycles. The van der Waals surface area contributed by atoms with Crippen molar-refractivity contribution in [1.82, 2.24) is 0 Å².